The molecule has 10 nitrogen and oxygen atoms in total. The Labute approximate surface area is 313 Å². The van der Waals surface area contributed by atoms with Gasteiger partial charge in [0.1, 0.15) is 23.3 Å². The summed E-state index contributed by atoms with van der Waals surface area (Å²) >= 11 is 8.51. The summed E-state index contributed by atoms with van der Waals surface area (Å²) in [6.07, 6.45) is 1.97. The fourth-order valence-electron chi connectivity index (χ4n) is 5.66. The van der Waals surface area contributed by atoms with Crippen molar-refractivity contribution < 1.29 is 28.7 Å². The van der Waals surface area contributed by atoms with Gasteiger partial charge in [0, 0.05) is 38.5 Å². The molecule has 0 aromatic heterocycles. The second kappa shape index (κ2) is 16.9. The molecule has 3 aromatic carbocycles. The highest BCUT2D eigenvalue weighted by atomic mass is 127. The molecule has 2 heterocycles. The van der Waals surface area contributed by atoms with Crippen LogP contribution in [0.25, 0.3) is 11.1 Å². The number of anilines is 2. The smallest absolute Gasteiger partial charge is 0.410 e. The highest BCUT2D eigenvalue weighted by Crippen LogP contribution is 2.34. The van der Waals surface area contributed by atoms with Crippen LogP contribution in [0.3, 0.4) is 0 Å². The van der Waals surface area contributed by atoms with Gasteiger partial charge in [-0.2, -0.15) is 0 Å². The number of para-hydroxylation sites is 2. The summed E-state index contributed by atoms with van der Waals surface area (Å²) < 4.78 is 11.8. The van der Waals surface area contributed by atoms with E-state index in [0.29, 0.717) is 36.6 Å². The molecule has 0 saturated carbocycles. The van der Waals surface area contributed by atoms with Crippen LogP contribution in [-0.4, -0.2) is 70.2 Å². The normalized spacial score (nSPS) is 17.4. The summed E-state index contributed by atoms with van der Waals surface area (Å²) in [5.41, 5.74) is 1.95. The number of hydrogen-bond donors (Lipinski definition) is 2. The molecule has 5 rings (SSSR count). The third-order valence-corrected chi connectivity index (χ3v) is 9.12. The van der Waals surface area contributed by atoms with Gasteiger partial charge in [-0.1, -0.05) is 60.1 Å². The molecule has 3 aromatic rings. The number of likely N-dealkylation sites (tertiary alicyclic amines) is 2. The number of halogens is 2. The van der Waals surface area contributed by atoms with Gasteiger partial charge in [0.15, 0.2) is 0 Å². The summed E-state index contributed by atoms with van der Waals surface area (Å²) in [6.45, 7) is 12.0. The molecule has 2 N–H and O–H groups in total. The van der Waals surface area contributed by atoms with Crippen molar-refractivity contribution in [1.29, 1.82) is 0 Å². The lowest BCUT2D eigenvalue weighted by atomic mass is 10.0. The van der Waals surface area contributed by atoms with Gasteiger partial charge in [0.2, 0.25) is 11.8 Å². The van der Waals surface area contributed by atoms with E-state index in [0.717, 1.165) is 33.2 Å². The summed E-state index contributed by atoms with van der Waals surface area (Å²) in [6, 6.07) is 21.6. The van der Waals surface area contributed by atoms with Gasteiger partial charge in [-0.25, -0.2) is 9.59 Å². The summed E-state index contributed by atoms with van der Waals surface area (Å²) in [7, 11) is 0. The minimum Gasteiger partial charge on any atom is -0.444 e. The summed E-state index contributed by atoms with van der Waals surface area (Å²) in [5, 5.41) is 6.49. The molecular weight excluding hydrogens is 771 g/mol. The predicted molar refractivity (Wildman–Crippen MR) is 205 cm³/mol. The molecule has 2 atom stereocenters. The lowest BCUT2D eigenvalue weighted by Gasteiger charge is -2.28. The Morgan fingerprint density at radius 3 is 1.56 bits per heavy atom. The Morgan fingerprint density at radius 2 is 1.08 bits per heavy atom. The van der Waals surface area contributed by atoms with E-state index >= 15 is 0 Å². The van der Waals surface area contributed by atoms with Gasteiger partial charge in [-0.05, 0) is 114 Å². The highest BCUT2D eigenvalue weighted by Gasteiger charge is 2.38. The standard InChI is InChI=1S/C22H25ClN2O3.C16H21IN2O3/c1-22(2,3)28-21(27)25-14-8-13-19(25)20(26)24-18-12-7-5-10-16(18)15-9-4-6-11-17(15)23;1-16(2,3)22-15(21)19-10-6-9-13(19)14(20)18-12-8-5-4-7-11(12)17/h4-7,9-12,19H,8,13-14H2,1-3H3,(H,24,26);4-5,7-8,13H,6,9-10H2,1-3H3,(H,18,20)/t19-;13-/m00/s1. The third-order valence-electron chi connectivity index (χ3n) is 7.85. The number of nitrogens with zero attached hydrogens (tertiary/aromatic N) is 2. The van der Waals surface area contributed by atoms with Crippen LogP contribution in [0.4, 0.5) is 21.0 Å². The number of carbonyl (C=O) groups excluding carboxylic acids is 4. The van der Waals surface area contributed by atoms with Crippen LogP contribution >= 0.6 is 34.2 Å². The number of amides is 4. The average molecular weight is 817 g/mol. The fourth-order valence-corrected chi connectivity index (χ4v) is 6.42. The first kappa shape index (κ1) is 39.0. The number of benzene rings is 3. The van der Waals surface area contributed by atoms with Gasteiger partial charge in [0.05, 0.1) is 5.69 Å². The number of rotatable bonds is 5. The van der Waals surface area contributed by atoms with Crippen molar-refractivity contribution in [2.24, 2.45) is 0 Å². The maximum Gasteiger partial charge on any atom is 0.410 e. The Kier molecular flexibility index (Phi) is 13.2. The van der Waals surface area contributed by atoms with Gasteiger partial charge >= 0.3 is 12.2 Å². The van der Waals surface area contributed by atoms with E-state index < -0.39 is 35.5 Å². The molecular formula is C38H46ClIN4O6. The van der Waals surface area contributed by atoms with E-state index in [1.165, 1.54) is 9.80 Å². The molecule has 12 heteroatoms. The zero-order chi connectivity index (χ0) is 36.6. The van der Waals surface area contributed by atoms with Crippen molar-refractivity contribution in [1.82, 2.24) is 9.80 Å². The predicted octanol–water partition coefficient (Wildman–Crippen LogP) is 8.97. The van der Waals surface area contributed by atoms with Gasteiger partial charge in [-0.3, -0.25) is 19.4 Å². The van der Waals surface area contributed by atoms with E-state index in [9.17, 15) is 19.2 Å². The van der Waals surface area contributed by atoms with Gasteiger partial charge in [-0.15, -0.1) is 0 Å². The largest absolute Gasteiger partial charge is 0.444 e. The van der Waals surface area contributed by atoms with Crippen LogP contribution in [0, 0.1) is 3.57 Å². The average Bonchev–Trinajstić information content (AvgIpc) is 3.73. The molecule has 0 radical (unpaired) electrons. The van der Waals surface area contributed by atoms with Crippen molar-refractivity contribution in [3.63, 3.8) is 0 Å². The van der Waals surface area contributed by atoms with Gasteiger partial charge < -0.3 is 20.1 Å². The van der Waals surface area contributed by atoms with Crippen LogP contribution < -0.4 is 10.6 Å². The van der Waals surface area contributed by atoms with E-state index in [-0.39, 0.29) is 11.8 Å². The van der Waals surface area contributed by atoms with E-state index in [1.54, 1.807) is 0 Å². The molecule has 268 valence electrons. The topological polar surface area (TPSA) is 117 Å². The second-order valence-corrected chi connectivity index (χ2v) is 15.7. The molecule has 2 aliphatic heterocycles. The molecule has 0 bridgehead atoms. The van der Waals surface area contributed by atoms with E-state index in [1.807, 2.05) is 114 Å². The van der Waals surface area contributed by atoms with Crippen LogP contribution in [0.1, 0.15) is 67.2 Å². The maximum absolute atomic E-state index is 13.0. The number of ether oxygens (including phenoxy) is 2. The number of hydrogen-bond acceptors (Lipinski definition) is 6. The first-order valence-corrected chi connectivity index (χ1v) is 18.2. The minimum absolute atomic E-state index is 0.160. The molecule has 2 aliphatic rings. The minimum atomic E-state index is -0.600. The summed E-state index contributed by atoms with van der Waals surface area (Å²) in [4.78, 5) is 53.2. The zero-order valence-corrected chi connectivity index (χ0v) is 32.3. The molecule has 2 saturated heterocycles. The fraction of sp³-hybridized carbons (Fsp3) is 0.421. The first-order chi connectivity index (χ1) is 23.5. The van der Waals surface area contributed by atoms with Crippen molar-refractivity contribution in [3.05, 3.63) is 81.4 Å². The molecule has 0 unspecified atom stereocenters. The quantitative estimate of drug-likeness (QED) is 0.249. The first-order valence-electron chi connectivity index (χ1n) is 16.7. The van der Waals surface area contributed by atoms with Gasteiger partial charge in [0.25, 0.3) is 0 Å². The lowest BCUT2D eigenvalue weighted by molar-refractivity contribution is -0.121. The SMILES string of the molecule is CC(C)(C)OC(=O)N1CCC[C@H]1C(=O)Nc1ccccc1-c1ccccc1Cl.CC(C)(C)OC(=O)N1CCC[C@H]1C(=O)Nc1ccccc1I. The Balaban J connectivity index is 0.000000232. The molecule has 0 aliphatic carbocycles. The van der Waals surface area contributed by atoms with Crippen molar-refractivity contribution in [2.75, 3.05) is 23.7 Å². The molecule has 50 heavy (non-hydrogen) atoms. The van der Waals surface area contributed by atoms with E-state index in [4.69, 9.17) is 21.1 Å². The highest BCUT2D eigenvalue weighted by molar-refractivity contribution is 14.1. The Bertz CT molecular complexity index is 1690. The van der Waals surface area contributed by atoms with Crippen molar-refractivity contribution >= 4 is 69.6 Å². The summed E-state index contributed by atoms with van der Waals surface area (Å²) in [5.74, 6) is -0.379. The maximum atomic E-state index is 13.0. The van der Waals surface area contributed by atoms with Crippen molar-refractivity contribution in [2.45, 2.75) is 90.5 Å². The monoisotopic (exact) mass is 816 g/mol. The van der Waals surface area contributed by atoms with Crippen LogP contribution in [0.2, 0.25) is 5.02 Å². The molecule has 2 fully saturated rings. The zero-order valence-electron chi connectivity index (χ0n) is 29.4. The second-order valence-electron chi connectivity index (χ2n) is 14.1. The number of nitrogens with one attached hydrogen (secondary N) is 2. The van der Waals surface area contributed by atoms with E-state index in [2.05, 4.69) is 33.2 Å². The third kappa shape index (κ3) is 10.8. The Hall–Kier alpha value is -3.84. The number of carbonyl (C=O) groups is 4. The molecule has 4 amide bonds. The Morgan fingerprint density at radius 1 is 0.660 bits per heavy atom. The van der Waals surface area contributed by atoms with Crippen LogP contribution in [-0.2, 0) is 19.1 Å². The molecule has 0 spiro atoms. The van der Waals surface area contributed by atoms with Crippen LogP contribution in [0.15, 0.2) is 72.8 Å². The van der Waals surface area contributed by atoms with Crippen molar-refractivity contribution in [3.8, 4) is 11.1 Å². The lowest BCUT2D eigenvalue weighted by Crippen LogP contribution is -2.45. The van der Waals surface area contributed by atoms with Crippen LogP contribution in [0.5, 0.6) is 0 Å².